The van der Waals surface area contributed by atoms with Gasteiger partial charge >= 0.3 is 6.03 Å². The van der Waals surface area contributed by atoms with Gasteiger partial charge in [-0.2, -0.15) is 4.98 Å². The molecule has 0 spiro atoms. The highest BCUT2D eigenvalue weighted by Crippen LogP contribution is 2.30. The molecular formula is C20H17ClN4O3. The summed E-state index contributed by atoms with van der Waals surface area (Å²) in [6.45, 7) is 3.54. The fourth-order valence-corrected chi connectivity index (χ4v) is 3.22. The van der Waals surface area contributed by atoms with Crippen molar-refractivity contribution in [3.8, 4) is 11.4 Å². The molecule has 0 aliphatic carbocycles. The largest absolute Gasteiger partial charge is 0.337 e. The van der Waals surface area contributed by atoms with E-state index in [0.717, 1.165) is 16.0 Å². The van der Waals surface area contributed by atoms with Gasteiger partial charge in [0, 0.05) is 10.6 Å². The summed E-state index contributed by atoms with van der Waals surface area (Å²) in [4.78, 5) is 30.8. The van der Waals surface area contributed by atoms with Gasteiger partial charge in [0.15, 0.2) is 0 Å². The molecule has 2 aromatic carbocycles. The van der Waals surface area contributed by atoms with E-state index in [1.807, 2.05) is 31.2 Å². The molecule has 1 aliphatic heterocycles. The Kier molecular flexibility index (Phi) is 4.39. The Bertz CT molecular complexity index is 1050. The average Bonchev–Trinajstić information content (AvgIpc) is 3.22. The van der Waals surface area contributed by atoms with Crippen molar-refractivity contribution < 1.29 is 14.1 Å². The molecule has 4 rings (SSSR count). The first kappa shape index (κ1) is 18.2. The topological polar surface area (TPSA) is 88.3 Å². The van der Waals surface area contributed by atoms with Crippen LogP contribution < -0.4 is 5.32 Å². The van der Waals surface area contributed by atoms with E-state index in [4.69, 9.17) is 16.1 Å². The maximum absolute atomic E-state index is 13.0. The van der Waals surface area contributed by atoms with Gasteiger partial charge in [0.25, 0.3) is 5.91 Å². The van der Waals surface area contributed by atoms with Crippen LogP contribution in [0.5, 0.6) is 0 Å². The highest BCUT2D eigenvalue weighted by Gasteiger charge is 2.49. The second-order valence-electron chi connectivity index (χ2n) is 6.83. The smallest absolute Gasteiger partial charge is 0.325 e. The van der Waals surface area contributed by atoms with E-state index >= 15 is 0 Å². The Balaban J connectivity index is 1.55. The Morgan fingerprint density at radius 3 is 2.46 bits per heavy atom. The Hall–Kier alpha value is -3.19. The van der Waals surface area contributed by atoms with E-state index in [1.165, 1.54) is 0 Å². The summed E-state index contributed by atoms with van der Waals surface area (Å²) >= 11 is 5.92. The van der Waals surface area contributed by atoms with Crippen LogP contribution in [-0.4, -0.2) is 27.0 Å². The zero-order valence-electron chi connectivity index (χ0n) is 15.3. The zero-order valence-corrected chi connectivity index (χ0v) is 16.0. The van der Waals surface area contributed by atoms with Gasteiger partial charge in [-0.25, -0.2) is 4.79 Å². The Morgan fingerprint density at radius 2 is 1.79 bits per heavy atom. The lowest BCUT2D eigenvalue weighted by Crippen LogP contribution is -2.40. The molecule has 1 saturated heterocycles. The third-order valence-electron chi connectivity index (χ3n) is 4.77. The predicted octanol–water partition coefficient (Wildman–Crippen LogP) is 3.67. The number of amides is 3. The Labute approximate surface area is 166 Å². The number of aryl methyl sites for hydroxylation is 1. The number of hydrogen-bond donors (Lipinski definition) is 1. The molecule has 8 heteroatoms. The average molecular weight is 397 g/mol. The highest BCUT2D eigenvalue weighted by atomic mass is 35.5. The zero-order chi connectivity index (χ0) is 19.9. The predicted molar refractivity (Wildman–Crippen MR) is 102 cm³/mol. The van der Waals surface area contributed by atoms with E-state index < -0.39 is 17.5 Å². The van der Waals surface area contributed by atoms with Crippen LogP contribution in [0.4, 0.5) is 4.79 Å². The lowest BCUT2D eigenvalue weighted by Gasteiger charge is -2.22. The number of imide groups is 1. The molecule has 1 N–H and O–H groups in total. The minimum Gasteiger partial charge on any atom is -0.337 e. The van der Waals surface area contributed by atoms with Crippen molar-refractivity contribution in [1.82, 2.24) is 20.4 Å². The van der Waals surface area contributed by atoms with E-state index in [0.29, 0.717) is 16.4 Å². The van der Waals surface area contributed by atoms with Crippen LogP contribution in [-0.2, 0) is 16.9 Å². The Morgan fingerprint density at radius 1 is 1.11 bits per heavy atom. The third kappa shape index (κ3) is 3.14. The van der Waals surface area contributed by atoms with Crippen LogP contribution in [0.2, 0.25) is 5.02 Å². The number of hydrogen-bond acceptors (Lipinski definition) is 5. The molecule has 0 radical (unpaired) electrons. The van der Waals surface area contributed by atoms with Gasteiger partial charge in [-0.05, 0) is 31.5 Å². The molecule has 3 amide bonds. The van der Waals surface area contributed by atoms with Crippen LogP contribution in [0, 0.1) is 6.92 Å². The van der Waals surface area contributed by atoms with Gasteiger partial charge < -0.3 is 9.84 Å². The summed E-state index contributed by atoms with van der Waals surface area (Å²) in [5.74, 6) is 0.192. The standard InChI is InChI=1S/C20H17ClN4O3/c1-12-3-5-13(6-4-12)17-22-16(28-24-17)11-25-18(26)20(2,23-19(25)27)14-7-9-15(21)10-8-14/h3-10H,11H2,1-2H3,(H,23,27). The fraction of sp³-hybridized carbons (Fsp3) is 0.200. The van der Waals surface area contributed by atoms with E-state index in [9.17, 15) is 9.59 Å². The maximum Gasteiger partial charge on any atom is 0.325 e. The number of rotatable bonds is 4. The molecule has 28 heavy (non-hydrogen) atoms. The number of nitrogens with zero attached hydrogens (tertiary/aromatic N) is 3. The summed E-state index contributed by atoms with van der Waals surface area (Å²) in [7, 11) is 0. The molecular weight excluding hydrogens is 380 g/mol. The van der Waals surface area contributed by atoms with Crippen LogP contribution in [0.3, 0.4) is 0 Å². The van der Waals surface area contributed by atoms with Gasteiger partial charge in [-0.3, -0.25) is 9.69 Å². The second-order valence-corrected chi connectivity index (χ2v) is 7.27. The summed E-state index contributed by atoms with van der Waals surface area (Å²) < 4.78 is 5.25. The van der Waals surface area contributed by atoms with Crippen molar-refractivity contribution in [2.45, 2.75) is 25.9 Å². The van der Waals surface area contributed by atoms with Gasteiger partial charge in [0.05, 0.1) is 0 Å². The highest BCUT2D eigenvalue weighted by molar-refractivity contribution is 6.30. The van der Waals surface area contributed by atoms with Crippen molar-refractivity contribution in [2.75, 3.05) is 0 Å². The molecule has 7 nitrogen and oxygen atoms in total. The van der Waals surface area contributed by atoms with E-state index in [1.54, 1.807) is 31.2 Å². The van der Waals surface area contributed by atoms with Crippen molar-refractivity contribution >= 4 is 23.5 Å². The molecule has 1 aliphatic rings. The van der Waals surface area contributed by atoms with Crippen LogP contribution >= 0.6 is 11.6 Å². The van der Waals surface area contributed by atoms with E-state index in [-0.39, 0.29) is 12.4 Å². The minimum absolute atomic E-state index is 0.104. The molecule has 3 aromatic rings. The number of aromatic nitrogens is 2. The molecule has 0 saturated carbocycles. The first-order valence-electron chi connectivity index (χ1n) is 8.66. The van der Waals surface area contributed by atoms with Gasteiger partial charge in [-0.1, -0.05) is 58.7 Å². The van der Waals surface area contributed by atoms with Crippen molar-refractivity contribution in [3.05, 3.63) is 70.6 Å². The molecule has 1 atom stereocenters. The monoisotopic (exact) mass is 396 g/mol. The quantitative estimate of drug-likeness (QED) is 0.680. The normalized spacial score (nSPS) is 19.2. The molecule has 1 aromatic heterocycles. The minimum atomic E-state index is -1.18. The number of carbonyl (C=O) groups is 2. The first-order chi connectivity index (χ1) is 13.4. The van der Waals surface area contributed by atoms with Crippen molar-refractivity contribution in [1.29, 1.82) is 0 Å². The molecule has 2 heterocycles. The lowest BCUT2D eigenvalue weighted by molar-refractivity contribution is -0.131. The lowest BCUT2D eigenvalue weighted by atomic mass is 9.92. The van der Waals surface area contributed by atoms with Crippen LogP contribution in [0.25, 0.3) is 11.4 Å². The number of urea groups is 1. The summed E-state index contributed by atoms with van der Waals surface area (Å²) in [6, 6.07) is 13.9. The van der Waals surface area contributed by atoms with Gasteiger partial charge in [-0.15, -0.1) is 0 Å². The SMILES string of the molecule is Cc1ccc(-c2noc(CN3C(=O)NC(C)(c4ccc(Cl)cc4)C3=O)n2)cc1. The van der Waals surface area contributed by atoms with E-state index in [2.05, 4.69) is 15.5 Å². The number of halogens is 1. The summed E-state index contributed by atoms with van der Waals surface area (Å²) in [5.41, 5.74) is 1.38. The molecule has 142 valence electrons. The number of carbonyl (C=O) groups excluding carboxylic acids is 2. The van der Waals surface area contributed by atoms with Crippen molar-refractivity contribution in [3.63, 3.8) is 0 Å². The maximum atomic E-state index is 13.0. The number of nitrogens with one attached hydrogen (secondary N) is 1. The van der Waals surface area contributed by atoms with Crippen LogP contribution in [0.15, 0.2) is 53.1 Å². The fourth-order valence-electron chi connectivity index (χ4n) is 3.09. The van der Waals surface area contributed by atoms with Crippen molar-refractivity contribution in [2.24, 2.45) is 0 Å². The molecule has 0 bridgehead atoms. The second kappa shape index (κ2) is 6.76. The summed E-state index contributed by atoms with van der Waals surface area (Å²) in [6.07, 6.45) is 0. The van der Waals surface area contributed by atoms with Gasteiger partial charge in [0.1, 0.15) is 12.1 Å². The molecule has 1 unspecified atom stereocenters. The number of benzene rings is 2. The van der Waals surface area contributed by atoms with Gasteiger partial charge in [0.2, 0.25) is 11.7 Å². The third-order valence-corrected chi connectivity index (χ3v) is 5.02. The van der Waals surface area contributed by atoms with Crippen LogP contribution in [0.1, 0.15) is 23.9 Å². The first-order valence-corrected chi connectivity index (χ1v) is 9.04. The summed E-state index contributed by atoms with van der Waals surface area (Å²) in [5, 5.41) is 7.23. The molecule has 1 fully saturated rings.